The highest BCUT2D eigenvalue weighted by molar-refractivity contribution is 5.88. The number of carbonyl (C=O) groups is 2. The van der Waals surface area contributed by atoms with Crippen LogP contribution in [0.4, 0.5) is 0 Å². The Morgan fingerprint density at radius 1 is 1.09 bits per heavy atom. The molecule has 32 heavy (non-hydrogen) atoms. The molecule has 2 aromatic rings. The maximum absolute atomic E-state index is 13.4. The monoisotopic (exact) mass is 438 g/mol. The number of hydrogen-bond donors (Lipinski definition) is 1. The summed E-state index contributed by atoms with van der Waals surface area (Å²) in [4.78, 5) is 28.4. The Morgan fingerprint density at radius 2 is 1.81 bits per heavy atom. The zero-order valence-electron chi connectivity index (χ0n) is 19.3. The molecule has 0 bridgehead atoms. The Bertz CT molecular complexity index is 861. The molecule has 1 N–H and O–H groups in total. The van der Waals surface area contributed by atoms with Gasteiger partial charge in [-0.3, -0.25) is 9.59 Å². The predicted octanol–water partition coefficient (Wildman–Crippen LogP) is 3.59. The number of rotatable bonds is 10. The predicted molar refractivity (Wildman–Crippen MR) is 124 cm³/mol. The molecule has 1 aliphatic rings. The van der Waals surface area contributed by atoms with Crippen molar-refractivity contribution in [3.63, 3.8) is 0 Å². The van der Waals surface area contributed by atoms with Gasteiger partial charge in [0.2, 0.25) is 11.8 Å². The zero-order valence-corrected chi connectivity index (χ0v) is 19.3. The van der Waals surface area contributed by atoms with Crippen LogP contribution in [-0.4, -0.2) is 49.1 Å². The van der Waals surface area contributed by atoms with Gasteiger partial charge in [0.15, 0.2) is 0 Å². The number of benzene rings is 2. The first-order chi connectivity index (χ1) is 15.5. The third-order valence-corrected chi connectivity index (χ3v) is 5.77. The maximum Gasteiger partial charge on any atom is 0.243 e. The second-order valence-corrected chi connectivity index (χ2v) is 8.55. The molecule has 6 heteroatoms. The lowest BCUT2D eigenvalue weighted by atomic mass is 10.0. The average Bonchev–Trinajstić information content (AvgIpc) is 3.34. The summed E-state index contributed by atoms with van der Waals surface area (Å²) in [6.07, 6.45) is 2.47. The summed E-state index contributed by atoms with van der Waals surface area (Å²) in [6.45, 7) is 5.30. The number of hydrogen-bond acceptors (Lipinski definition) is 4. The van der Waals surface area contributed by atoms with E-state index in [1.165, 1.54) is 0 Å². The first-order valence-electron chi connectivity index (χ1n) is 11.3. The van der Waals surface area contributed by atoms with E-state index in [9.17, 15) is 9.59 Å². The number of carbonyl (C=O) groups excluding carboxylic acids is 2. The summed E-state index contributed by atoms with van der Waals surface area (Å²) >= 11 is 0. The number of amides is 2. The van der Waals surface area contributed by atoms with E-state index in [-0.39, 0.29) is 23.8 Å². The van der Waals surface area contributed by atoms with Gasteiger partial charge in [-0.1, -0.05) is 56.3 Å². The first kappa shape index (κ1) is 23.8. The summed E-state index contributed by atoms with van der Waals surface area (Å²) in [5.41, 5.74) is 1.96. The maximum atomic E-state index is 13.4. The minimum atomic E-state index is -0.615. The summed E-state index contributed by atoms with van der Waals surface area (Å²) < 4.78 is 10.9. The quantitative estimate of drug-likeness (QED) is 0.616. The lowest BCUT2D eigenvalue weighted by Crippen LogP contribution is -2.52. The van der Waals surface area contributed by atoms with Gasteiger partial charge < -0.3 is 19.7 Å². The molecule has 2 atom stereocenters. The molecule has 1 fully saturated rings. The van der Waals surface area contributed by atoms with Crippen molar-refractivity contribution in [2.45, 2.75) is 51.8 Å². The van der Waals surface area contributed by atoms with Crippen LogP contribution in [0.1, 0.15) is 37.8 Å². The van der Waals surface area contributed by atoms with Gasteiger partial charge in [0, 0.05) is 32.0 Å². The molecule has 1 saturated heterocycles. The molecule has 0 aliphatic carbocycles. The van der Waals surface area contributed by atoms with Crippen molar-refractivity contribution < 1.29 is 19.1 Å². The third-order valence-electron chi connectivity index (χ3n) is 5.77. The van der Waals surface area contributed by atoms with Crippen LogP contribution in [0.3, 0.4) is 0 Å². The molecule has 172 valence electrons. The smallest absolute Gasteiger partial charge is 0.243 e. The summed E-state index contributed by atoms with van der Waals surface area (Å²) in [7, 11) is 1.62. The van der Waals surface area contributed by atoms with Gasteiger partial charge in [0.05, 0.1) is 13.2 Å². The highest BCUT2D eigenvalue weighted by Crippen LogP contribution is 2.19. The highest BCUT2D eigenvalue weighted by atomic mass is 16.5. The van der Waals surface area contributed by atoms with Crippen molar-refractivity contribution in [3.05, 3.63) is 65.7 Å². The van der Waals surface area contributed by atoms with Crippen molar-refractivity contribution in [1.29, 1.82) is 0 Å². The van der Waals surface area contributed by atoms with E-state index in [1.807, 2.05) is 68.4 Å². The largest absolute Gasteiger partial charge is 0.497 e. The molecule has 2 aromatic carbocycles. The molecule has 0 radical (unpaired) electrons. The minimum absolute atomic E-state index is 0.0472. The molecule has 6 nitrogen and oxygen atoms in total. The molecule has 0 unspecified atom stereocenters. The molecule has 0 aromatic heterocycles. The molecular weight excluding hydrogens is 404 g/mol. The van der Waals surface area contributed by atoms with E-state index < -0.39 is 6.04 Å². The van der Waals surface area contributed by atoms with Crippen LogP contribution in [0.5, 0.6) is 5.75 Å². The van der Waals surface area contributed by atoms with Crippen LogP contribution in [-0.2, 0) is 27.3 Å². The van der Waals surface area contributed by atoms with Crippen LogP contribution in [0.2, 0.25) is 0 Å². The summed E-state index contributed by atoms with van der Waals surface area (Å²) in [5, 5.41) is 3.05. The molecular formula is C26H34N2O4. The minimum Gasteiger partial charge on any atom is -0.497 e. The van der Waals surface area contributed by atoms with Crippen LogP contribution < -0.4 is 10.1 Å². The zero-order chi connectivity index (χ0) is 22.9. The van der Waals surface area contributed by atoms with Crippen LogP contribution in [0, 0.1) is 5.92 Å². The van der Waals surface area contributed by atoms with Gasteiger partial charge in [-0.05, 0) is 36.1 Å². The van der Waals surface area contributed by atoms with Crippen molar-refractivity contribution in [3.8, 4) is 5.75 Å². The van der Waals surface area contributed by atoms with Crippen molar-refractivity contribution >= 4 is 11.8 Å². The molecule has 1 aliphatic heterocycles. The van der Waals surface area contributed by atoms with Gasteiger partial charge in [-0.25, -0.2) is 0 Å². The Balaban J connectivity index is 1.85. The Kier molecular flexibility index (Phi) is 8.68. The molecule has 3 rings (SSSR count). The Labute approximate surface area is 190 Å². The van der Waals surface area contributed by atoms with Crippen molar-refractivity contribution in [2.24, 2.45) is 5.92 Å². The Hall–Kier alpha value is -2.86. The van der Waals surface area contributed by atoms with Crippen LogP contribution in [0.15, 0.2) is 54.6 Å². The highest BCUT2D eigenvalue weighted by Gasteiger charge is 2.32. The SMILES string of the molecule is COc1ccc(CN(C(=O)C(C)C)[C@H](Cc2ccccc2)C(=O)NC[C@H]2CCCO2)cc1. The van der Waals surface area contributed by atoms with E-state index in [0.29, 0.717) is 19.5 Å². The third kappa shape index (κ3) is 6.57. The lowest BCUT2D eigenvalue weighted by Gasteiger charge is -2.33. The van der Waals surface area contributed by atoms with E-state index in [1.54, 1.807) is 12.0 Å². The van der Waals surface area contributed by atoms with E-state index in [4.69, 9.17) is 9.47 Å². The summed E-state index contributed by atoms with van der Waals surface area (Å²) in [6, 6.07) is 16.8. The average molecular weight is 439 g/mol. The number of ether oxygens (including phenoxy) is 2. The Morgan fingerprint density at radius 3 is 2.41 bits per heavy atom. The van der Waals surface area contributed by atoms with E-state index in [0.717, 1.165) is 36.3 Å². The second kappa shape index (κ2) is 11.7. The normalized spacial score (nSPS) is 16.6. The molecule has 2 amide bonds. The van der Waals surface area contributed by atoms with Gasteiger partial charge in [0.1, 0.15) is 11.8 Å². The van der Waals surface area contributed by atoms with Gasteiger partial charge in [-0.15, -0.1) is 0 Å². The van der Waals surface area contributed by atoms with Crippen molar-refractivity contribution in [1.82, 2.24) is 10.2 Å². The second-order valence-electron chi connectivity index (χ2n) is 8.55. The fourth-order valence-corrected chi connectivity index (χ4v) is 3.92. The molecule has 0 spiro atoms. The van der Waals surface area contributed by atoms with Gasteiger partial charge >= 0.3 is 0 Å². The molecule has 0 saturated carbocycles. The van der Waals surface area contributed by atoms with Crippen LogP contribution in [0.25, 0.3) is 0 Å². The van der Waals surface area contributed by atoms with Gasteiger partial charge in [0.25, 0.3) is 0 Å². The standard InChI is InChI=1S/C26H34N2O4/c1-19(2)26(30)28(18-21-11-13-22(31-3)14-12-21)24(16-20-8-5-4-6-9-20)25(29)27-17-23-10-7-15-32-23/h4-6,8-9,11-14,19,23-24H,7,10,15-18H2,1-3H3,(H,27,29)/t23-,24-/m1/s1. The van der Waals surface area contributed by atoms with Gasteiger partial charge in [-0.2, -0.15) is 0 Å². The summed E-state index contributed by atoms with van der Waals surface area (Å²) in [5.74, 6) is 0.337. The fourth-order valence-electron chi connectivity index (χ4n) is 3.92. The number of nitrogens with zero attached hydrogens (tertiary/aromatic N) is 1. The number of nitrogens with one attached hydrogen (secondary N) is 1. The topological polar surface area (TPSA) is 67.9 Å². The fraction of sp³-hybridized carbons (Fsp3) is 0.462. The van der Waals surface area contributed by atoms with Crippen LogP contribution >= 0.6 is 0 Å². The molecule has 1 heterocycles. The van der Waals surface area contributed by atoms with E-state index in [2.05, 4.69) is 5.32 Å². The van der Waals surface area contributed by atoms with Crippen molar-refractivity contribution in [2.75, 3.05) is 20.3 Å². The van der Waals surface area contributed by atoms with E-state index >= 15 is 0 Å². The lowest BCUT2D eigenvalue weighted by molar-refractivity contribution is -0.143. The number of methoxy groups -OCH3 is 1. The first-order valence-corrected chi connectivity index (χ1v) is 11.3.